The Hall–Kier alpha value is -1.00. The molecule has 15 heavy (non-hydrogen) atoms. The standard InChI is InChI=1S/C11H19N3O/c1-8(2)6-9(7-12)10(15)11-13-4-3-5-14-11/h3-5,8-10,15H,6-7,12H2,1-2H3. The first-order valence-corrected chi connectivity index (χ1v) is 5.30. The summed E-state index contributed by atoms with van der Waals surface area (Å²) in [5.74, 6) is 1.01. The molecule has 84 valence electrons. The van der Waals surface area contributed by atoms with Gasteiger partial charge in [0, 0.05) is 18.3 Å². The average Bonchev–Trinajstić information content (AvgIpc) is 2.26. The van der Waals surface area contributed by atoms with E-state index in [9.17, 15) is 5.11 Å². The Morgan fingerprint density at radius 2 is 1.93 bits per heavy atom. The van der Waals surface area contributed by atoms with E-state index >= 15 is 0 Å². The second kappa shape index (κ2) is 5.78. The van der Waals surface area contributed by atoms with Crippen molar-refractivity contribution in [1.29, 1.82) is 0 Å². The van der Waals surface area contributed by atoms with Crippen LogP contribution in [0.4, 0.5) is 0 Å². The summed E-state index contributed by atoms with van der Waals surface area (Å²) in [6.45, 7) is 4.68. The molecule has 1 rings (SSSR count). The van der Waals surface area contributed by atoms with Gasteiger partial charge in [0.05, 0.1) is 0 Å². The molecule has 0 aliphatic rings. The van der Waals surface area contributed by atoms with E-state index in [1.54, 1.807) is 18.5 Å². The second-order valence-corrected chi connectivity index (χ2v) is 4.18. The van der Waals surface area contributed by atoms with Gasteiger partial charge in [0.15, 0.2) is 5.82 Å². The van der Waals surface area contributed by atoms with Crippen LogP contribution >= 0.6 is 0 Å². The summed E-state index contributed by atoms with van der Waals surface area (Å²) in [7, 11) is 0. The van der Waals surface area contributed by atoms with E-state index in [1.165, 1.54) is 0 Å². The van der Waals surface area contributed by atoms with Gasteiger partial charge in [-0.05, 0) is 24.9 Å². The zero-order chi connectivity index (χ0) is 11.3. The third-order valence-corrected chi connectivity index (χ3v) is 2.37. The fraction of sp³-hybridized carbons (Fsp3) is 0.636. The minimum absolute atomic E-state index is 0.0346. The third kappa shape index (κ3) is 3.57. The van der Waals surface area contributed by atoms with Crippen LogP contribution in [0.2, 0.25) is 0 Å². The molecule has 0 aliphatic carbocycles. The highest BCUT2D eigenvalue weighted by atomic mass is 16.3. The van der Waals surface area contributed by atoms with E-state index in [4.69, 9.17) is 5.73 Å². The predicted octanol–water partition coefficient (Wildman–Crippen LogP) is 1.13. The summed E-state index contributed by atoms with van der Waals surface area (Å²) in [4.78, 5) is 8.08. The molecule has 1 aromatic heterocycles. The van der Waals surface area contributed by atoms with E-state index in [-0.39, 0.29) is 5.92 Å². The largest absolute Gasteiger partial charge is 0.385 e. The summed E-state index contributed by atoms with van der Waals surface area (Å²) in [5.41, 5.74) is 5.64. The number of aliphatic hydroxyl groups excluding tert-OH is 1. The Kier molecular flexibility index (Phi) is 4.65. The number of nitrogens with zero attached hydrogens (tertiary/aromatic N) is 2. The zero-order valence-corrected chi connectivity index (χ0v) is 9.30. The molecule has 0 fully saturated rings. The quantitative estimate of drug-likeness (QED) is 0.762. The van der Waals surface area contributed by atoms with Gasteiger partial charge in [-0.25, -0.2) is 9.97 Å². The molecule has 1 heterocycles. The first-order valence-electron chi connectivity index (χ1n) is 5.30. The lowest BCUT2D eigenvalue weighted by Gasteiger charge is -2.21. The van der Waals surface area contributed by atoms with Crippen molar-refractivity contribution >= 4 is 0 Å². The summed E-state index contributed by atoms with van der Waals surface area (Å²) in [6, 6.07) is 1.73. The van der Waals surface area contributed by atoms with Crippen LogP contribution in [0, 0.1) is 11.8 Å². The number of aromatic nitrogens is 2. The van der Waals surface area contributed by atoms with Crippen molar-refractivity contribution in [3.8, 4) is 0 Å². The lowest BCUT2D eigenvalue weighted by molar-refractivity contribution is 0.0912. The molecule has 2 unspecified atom stereocenters. The smallest absolute Gasteiger partial charge is 0.157 e. The zero-order valence-electron chi connectivity index (χ0n) is 9.30. The van der Waals surface area contributed by atoms with E-state index in [1.807, 2.05) is 0 Å². The molecule has 0 spiro atoms. The third-order valence-electron chi connectivity index (χ3n) is 2.37. The number of rotatable bonds is 5. The van der Waals surface area contributed by atoms with Crippen molar-refractivity contribution < 1.29 is 5.11 Å². The van der Waals surface area contributed by atoms with Crippen LogP contribution < -0.4 is 5.73 Å². The molecule has 1 aromatic rings. The molecule has 0 bridgehead atoms. The minimum Gasteiger partial charge on any atom is -0.385 e. The van der Waals surface area contributed by atoms with E-state index in [0.29, 0.717) is 18.3 Å². The highest BCUT2D eigenvalue weighted by Crippen LogP contribution is 2.23. The van der Waals surface area contributed by atoms with Gasteiger partial charge in [-0.1, -0.05) is 13.8 Å². The van der Waals surface area contributed by atoms with Gasteiger partial charge in [-0.2, -0.15) is 0 Å². The lowest BCUT2D eigenvalue weighted by Crippen LogP contribution is -2.24. The molecule has 4 nitrogen and oxygen atoms in total. The van der Waals surface area contributed by atoms with E-state index in [0.717, 1.165) is 6.42 Å². The monoisotopic (exact) mass is 209 g/mol. The molecular formula is C11H19N3O. The molecule has 0 amide bonds. The van der Waals surface area contributed by atoms with Crippen LogP contribution in [-0.2, 0) is 0 Å². The van der Waals surface area contributed by atoms with E-state index in [2.05, 4.69) is 23.8 Å². The number of aliphatic hydroxyl groups is 1. The first-order chi connectivity index (χ1) is 7.15. The van der Waals surface area contributed by atoms with Gasteiger partial charge in [-0.15, -0.1) is 0 Å². The fourth-order valence-corrected chi connectivity index (χ4v) is 1.63. The average molecular weight is 209 g/mol. The van der Waals surface area contributed by atoms with Crippen LogP contribution in [-0.4, -0.2) is 21.6 Å². The number of hydrogen-bond donors (Lipinski definition) is 2. The highest BCUT2D eigenvalue weighted by molar-refractivity contribution is 4.95. The predicted molar refractivity (Wildman–Crippen MR) is 59.0 cm³/mol. The SMILES string of the molecule is CC(C)CC(CN)C(O)c1ncccn1. The Balaban J connectivity index is 2.69. The molecule has 0 radical (unpaired) electrons. The molecule has 3 N–H and O–H groups in total. The maximum Gasteiger partial charge on any atom is 0.157 e. The number of hydrogen-bond acceptors (Lipinski definition) is 4. The molecule has 4 heteroatoms. The topological polar surface area (TPSA) is 72.0 Å². The maximum atomic E-state index is 10.0. The van der Waals surface area contributed by atoms with Crippen molar-refractivity contribution in [3.63, 3.8) is 0 Å². The normalized spacial score (nSPS) is 15.3. The van der Waals surface area contributed by atoms with Crippen molar-refractivity contribution in [2.45, 2.75) is 26.4 Å². The first kappa shape index (κ1) is 12.1. The van der Waals surface area contributed by atoms with Crippen molar-refractivity contribution in [2.24, 2.45) is 17.6 Å². The Morgan fingerprint density at radius 1 is 1.33 bits per heavy atom. The van der Waals surface area contributed by atoms with Gasteiger partial charge >= 0.3 is 0 Å². The summed E-state index contributed by atoms with van der Waals surface area (Å²) in [6.07, 6.45) is 3.50. The Bertz CT molecular complexity index is 276. The molecule has 0 aromatic carbocycles. The van der Waals surface area contributed by atoms with Crippen LogP contribution in [0.3, 0.4) is 0 Å². The molecule has 2 atom stereocenters. The van der Waals surface area contributed by atoms with Crippen LogP contribution in [0.5, 0.6) is 0 Å². The Labute approximate surface area is 90.6 Å². The minimum atomic E-state index is -0.654. The molecule has 0 saturated heterocycles. The maximum absolute atomic E-state index is 10.0. The van der Waals surface area contributed by atoms with Gasteiger partial charge in [0.25, 0.3) is 0 Å². The van der Waals surface area contributed by atoms with Crippen LogP contribution in [0.1, 0.15) is 32.2 Å². The van der Waals surface area contributed by atoms with Crippen LogP contribution in [0.15, 0.2) is 18.5 Å². The highest BCUT2D eigenvalue weighted by Gasteiger charge is 2.22. The molecular weight excluding hydrogens is 190 g/mol. The van der Waals surface area contributed by atoms with Crippen molar-refractivity contribution in [1.82, 2.24) is 9.97 Å². The van der Waals surface area contributed by atoms with Gasteiger partial charge in [-0.3, -0.25) is 0 Å². The lowest BCUT2D eigenvalue weighted by atomic mass is 9.92. The fourth-order valence-electron chi connectivity index (χ4n) is 1.63. The van der Waals surface area contributed by atoms with Gasteiger partial charge < -0.3 is 10.8 Å². The summed E-state index contributed by atoms with van der Waals surface area (Å²) < 4.78 is 0. The van der Waals surface area contributed by atoms with Gasteiger partial charge in [0.1, 0.15) is 6.10 Å². The van der Waals surface area contributed by atoms with Gasteiger partial charge in [0.2, 0.25) is 0 Å². The Morgan fingerprint density at radius 3 is 2.40 bits per heavy atom. The van der Waals surface area contributed by atoms with Crippen LogP contribution in [0.25, 0.3) is 0 Å². The van der Waals surface area contributed by atoms with Crippen molar-refractivity contribution in [3.05, 3.63) is 24.3 Å². The summed E-state index contributed by atoms with van der Waals surface area (Å²) >= 11 is 0. The molecule has 0 aliphatic heterocycles. The number of nitrogens with two attached hydrogens (primary N) is 1. The van der Waals surface area contributed by atoms with E-state index < -0.39 is 6.10 Å². The summed E-state index contributed by atoms with van der Waals surface area (Å²) in [5, 5.41) is 10.0. The second-order valence-electron chi connectivity index (χ2n) is 4.18. The van der Waals surface area contributed by atoms with Crippen molar-refractivity contribution in [2.75, 3.05) is 6.54 Å². The molecule has 0 saturated carbocycles.